The van der Waals surface area contributed by atoms with Crippen LogP contribution in [-0.2, 0) is 9.53 Å². The number of carbonyl (C=O) groups excluding carboxylic acids is 1. The Morgan fingerprint density at radius 1 is 1.38 bits per heavy atom. The van der Waals surface area contributed by atoms with Gasteiger partial charge in [-0.05, 0) is 32.4 Å². The molecule has 4 rings (SSSR count). The number of amides is 1. The molecule has 2 aromatic heterocycles. The van der Waals surface area contributed by atoms with Crippen LogP contribution >= 0.6 is 11.3 Å². The number of hydrogen-bond acceptors (Lipinski definition) is 6. The van der Waals surface area contributed by atoms with Gasteiger partial charge in [-0.25, -0.2) is 0 Å². The maximum absolute atomic E-state index is 13.0. The summed E-state index contributed by atoms with van der Waals surface area (Å²) >= 11 is 1.79. The molecule has 0 radical (unpaired) electrons. The van der Waals surface area contributed by atoms with Crippen LogP contribution in [-0.4, -0.2) is 40.7 Å². The molecule has 1 aliphatic carbocycles. The molecule has 3 heterocycles. The lowest BCUT2D eigenvalue weighted by Crippen LogP contribution is -2.33. The number of aryl methyl sites for hydroxylation is 2. The van der Waals surface area contributed by atoms with Crippen LogP contribution in [0.15, 0.2) is 16.7 Å². The standard InChI is InChI=1S/C17H21N3O3S/c1-9-4-5-15(24-9)12-7-13(12)17(21)20-8-11(22-3)6-14(20)16-18-10(2)19-23-16/h4-5,11-14H,6-8H2,1-3H3/t11-,12-,13+,14+/m0/s1. The Bertz CT molecular complexity index is 756. The Morgan fingerprint density at radius 2 is 2.21 bits per heavy atom. The molecule has 1 amide bonds. The summed E-state index contributed by atoms with van der Waals surface area (Å²) in [6.45, 7) is 4.48. The van der Waals surface area contributed by atoms with E-state index < -0.39 is 0 Å². The Labute approximate surface area is 144 Å². The number of hydrogen-bond donors (Lipinski definition) is 0. The zero-order valence-electron chi connectivity index (χ0n) is 14.1. The largest absolute Gasteiger partial charge is 0.380 e. The number of likely N-dealkylation sites (tertiary alicyclic amines) is 1. The molecule has 1 saturated heterocycles. The fourth-order valence-corrected chi connectivity index (χ4v) is 4.60. The topological polar surface area (TPSA) is 68.5 Å². The minimum absolute atomic E-state index is 0.0207. The van der Waals surface area contributed by atoms with Gasteiger partial charge in [0.05, 0.1) is 6.10 Å². The molecule has 6 nitrogen and oxygen atoms in total. The quantitative estimate of drug-likeness (QED) is 0.851. The lowest BCUT2D eigenvalue weighted by atomic mass is 10.2. The summed E-state index contributed by atoms with van der Waals surface area (Å²) < 4.78 is 10.8. The van der Waals surface area contributed by atoms with Gasteiger partial charge in [0.25, 0.3) is 0 Å². The summed E-state index contributed by atoms with van der Waals surface area (Å²) in [6.07, 6.45) is 1.66. The smallest absolute Gasteiger partial charge is 0.249 e. The summed E-state index contributed by atoms with van der Waals surface area (Å²) in [5.41, 5.74) is 0. The van der Waals surface area contributed by atoms with Gasteiger partial charge in [-0.1, -0.05) is 5.16 Å². The molecular formula is C17H21N3O3S. The van der Waals surface area contributed by atoms with Gasteiger partial charge in [0.1, 0.15) is 6.04 Å². The number of methoxy groups -OCH3 is 1. The Balaban J connectivity index is 1.52. The number of nitrogens with zero attached hydrogens (tertiary/aromatic N) is 3. The van der Waals surface area contributed by atoms with Crippen LogP contribution in [0.2, 0.25) is 0 Å². The number of aromatic nitrogens is 2. The summed E-state index contributed by atoms with van der Waals surface area (Å²) in [6, 6.07) is 4.11. The molecule has 0 N–H and O–H groups in total. The van der Waals surface area contributed by atoms with E-state index in [4.69, 9.17) is 9.26 Å². The molecule has 2 aromatic rings. The third-order valence-electron chi connectivity index (χ3n) is 4.94. The van der Waals surface area contributed by atoms with E-state index in [9.17, 15) is 4.79 Å². The van der Waals surface area contributed by atoms with Gasteiger partial charge in [-0.2, -0.15) is 4.98 Å². The van der Waals surface area contributed by atoms with Crippen LogP contribution in [0.5, 0.6) is 0 Å². The van der Waals surface area contributed by atoms with Crippen molar-refractivity contribution in [2.75, 3.05) is 13.7 Å². The van der Waals surface area contributed by atoms with Gasteiger partial charge >= 0.3 is 0 Å². The monoisotopic (exact) mass is 347 g/mol. The Hall–Kier alpha value is -1.73. The molecular weight excluding hydrogens is 326 g/mol. The molecule has 7 heteroatoms. The van der Waals surface area contributed by atoms with Crippen molar-refractivity contribution in [3.8, 4) is 0 Å². The van der Waals surface area contributed by atoms with Crippen LogP contribution in [0.4, 0.5) is 0 Å². The third kappa shape index (κ3) is 2.75. The Kier molecular flexibility index (Phi) is 3.92. The summed E-state index contributed by atoms with van der Waals surface area (Å²) in [4.78, 5) is 21.9. The zero-order valence-corrected chi connectivity index (χ0v) is 14.9. The first kappa shape index (κ1) is 15.8. The minimum Gasteiger partial charge on any atom is -0.380 e. The summed E-state index contributed by atoms with van der Waals surface area (Å²) in [5, 5.41) is 3.87. The minimum atomic E-state index is -0.171. The maximum Gasteiger partial charge on any atom is 0.249 e. The van der Waals surface area contributed by atoms with Crippen LogP contribution in [0, 0.1) is 19.8 Å². The molecule has 4 atom stereocenters. The molecule has 24 heavy (non-hydrogen) atoms. The second-order valence-electron chi connectivity index (χ2n) is 6.68. The molecule has 128 valence electrons. The highest BCUT2D eigenvalue weighted by Crippen LogP contribution is 2.52. The fourth-order valence-electron chi connectivity index (χ4n) is 3.54. The average molecular weight is 347 g/mol. The summed E-state index contributed by atoms with van der Waals surface area (Å²) in [7, 11) is 1.68. The van der Waals surface area contributed by atoms with E-state index in [1.807, 2.05) is 4.90 Å². The molecule has 1 saturated carbocycles. The normalized spacial score (nSPS) is 29.2. The second kappa shape index (κ2) is 5.97. The van der Waals surface area contributed by atoms with Gasteiger partial charge in [0.15, 0.2) is 5.82 Å². The predicted octanol–water partition coefficient (Wildman–Crippen LogP) is 2.84. The van der Waals surface area contributed by atoms with E-state index in [1.165, 1.54) is 9.75 Å². The molecule has 0 unspecified atom stereocenters. The van der Waals surface area contributed by atoms with Crippen molar-refractivity contribution in [2.24, 2.45) is 5.92 Å². The highest BCUT2D eigenvalue weighted by molar-refractivity contribution is 7.12. The molecule has 2 fully saturated rings. The molecule has 0 bridgehead atoms. The van der Waals surface area contributed by atoms with Crippen LogP contribution in [0.25, 0.3) is 0 Å². The molecule has 1 aliphatic heterocycles. The van der Waals surface area contributed by atoms with Gasteiger partial charge < -0.3 is 14.2 Å². The zero-order chi connectivity index (χ0) is 16.8. The van der Waals surface area contributed by atoms with Crippen molar-refractivity contribution in [3.63, 3.8) is 0 Å². The average Bonchev–Trinajstić information content (AvgIpc) is 2.90. The SMILES string of the molecule is CO[C@H]1C[C@H](c2nc(C)no2)N(C(=O)[C@@H]2C[C@@H]2c2ccc(C)s2)C1. The highest BCUT2D eigenvalue weighted by Gasteiger charge is 2.50. The van der Waals surface area contributed by atoms with Crippen molar-refractivity contribution >= 4 is 17.2 Å². The van der Waals surface area contributed by atoms with Crippen molar-refractivity contribution in [1.29, 1.82) is 0 Å². The van der Waals surface area contributed by atoms with Gasteiger partial charge in [-0.3, -0.25) is 4.79 Å². The fraction of sp³-hybridized carbons (Fsp3) is 0.588. The lowest BCUT2D eigenvalue weighted by Gasteiger charge is -2.21. The van der Waals surface area contributed by atoms with E-state index in [2.05, 4.69) is 29.2 Å². The lowest BCUT2D eigenvalue weighted by molar-refractivity contribution is -0.134. The predicted molar refractivity (Wildman–Crippen MR) is 88.8 cm³/mol. The van der Waals surface area contributed by atoms with Crippen molar-refractivity contribution in [2.45, 2.75) is 44.8 Å². The second-order valence-corrected chi connectivity index (χ2v) is 8.00. The van der Waals surface area contributed by atoms with E-state index in [0.717, 1.165) is 6.42 Å². The third-order valence-corrected chi connectivity index (χ3v) is 6.07. The molecule has 0 spiro atoms. The number of thiophene rings is 1. The van der Waals surface area contributed by atoms with Crippen molar-refractivity contribution in [1.82, 2.24) is 15.0 Å². The first-order chi connectivity index (χ1) is 11.6. The summed E-state index contributed by atoms with van der Waals surface area (Å²) in [5.74, 6) is 1.74. The van der Waals surface area contributed by atoms with Crippen LogP contribution in [0.1, 0.15) is 46.3 Å². The van der Waals surface area contributed by atoms with Crippen LogP contribution in [0.3, 0.4) is 0 Å². The van der Waals surface area contributed by atoms with E-state index in [-0.39, 0.29) is 24.0 Å². The van der Waals surface area contributed by atoms with Gasteiger partial charge in [-0.15, -0.1) is 11.3 Å². The van der Waals surface area contributed by atoms with Crippen molar-refractivity contribution in [3.05, 3.63) is 33.6 Å². The first-order valence-corrected chi connectivity index (χ1v) is 9.08. The van der Waals surface area contributed by atoms with Gasteiger partial charge in [0.2, 0.25) is 11.8 Å². The highest BCUT2D eigenvalue weighted by atomic mass is 32.1. The van der Waals surface area contributed by atoms with Crippen molar-refractivity contribution < 1.29 is 14.1 Å². The molecule has 0 aromatic carbocycles. The van der Waals surface area contributed by atoms with E-state index in [1.54, 1.807) is 25.4 Å². The van der Waals surface area contributed by atoms with E-state index >= 15 is 0 Å². The van der Waals surface area contributed by atoms with Gasteiger partial charge in [0, 0.05) is 41.7 Å². The Morgan fingerprint density at radius 3 is 2.83 bits per heavy atom. The maximum atomic E-state index is 13.0. The number of rotatable bonds is 4. The van der Waals surface area contributed by atoms with E-state index in [0.29, 0.717) is 30.6 Å². The number of carbonyl (C=O) groups is 1. The molecule has 2 aliphatic rings. The van der Waals surface area contributed by atoms with Crippen LogP contribution < -0.4 is 0 Å². The number of ether oxygens (including phenoxy) is 1. The first-order valence-electron chi connectivity index (χ1n) is 8.26.